The van der Waals surface area contributed by atoms with Crippen LogP contribution >= 0.6 is 0 Å². The van der Waals surface area contributed by atoms with Crippen LogP contribution < -0.4 is 20.7 Å². The van der Waals surface area contributed by atoms with E-state index in [0.717, 1.165) is 38.9 Å². The molecule has 0 aliphatic carbocycles. The number of aryl methyl sites for hydroxylation is 1. The average Bonchev–Trinajstić information content (AvgIpc) is 3.35. The highest BCUT2D eigenvalue weighted by Crippen LogP contribution is 2.25. The van der Waals surface area contributed by atoms with E-state index in [1.807, 2.05) is 140 Å². The number of carbonyl (C=O) groups excluding carboxylic acids is 5. The maximum atomic E-state index is 14.8. The topological polar surface area (TPSA) is 168 Å². The minimum absolute atomic E-state index is 0.0634. The van der Waals surface area contributed by atoms with Crippen LogP contribution in [0.3, 0.4) is 0 Å². The molecule has 2 bridgehead atoms. The Morgan fingerprint density at radius 2 is 1.12 bits per heavy atom. The molecule has 3 amide bonds. The number of hydrogen-bond donors (Lipinski definition) is 4. The standard InChI is InChI=1S/C56H55N3O8/c1-37(56(65)66)57-53(62)47-32-40-21-28-49(29-22-40)67-36-48(60)34-46(31-39-17-24-44(25-18-39)42-13-7-3-8-14-42)54(63)59-51(33-41-19-26-45(27-20-41)43-15-9-4-10-16-43)55(64)58-50(52(61)35-47)30-23-38-11-5-2-6-12-38/h2-22,24-29,37,46-47,50-51H,23,30-36H2,1H3,(H,57,62)(H,58,64)(H,59,63)(H,65,66)/t37-,46-,47-,50+,51-/m1/s1. The maximum absolute atomic E-state index is 14.8. The lowest BCUT2D eigenvalue weighted by Crippen LogP contribution is -2.54. The molecule has 2 aliphatic heterocycles. The molecule has 0 saturated carbocycles. The highest BCUT2D eigenvalue weighted by molar-refractivity contribution is 5.96. The molecular weight excluding hydrogens is 843 g/mol. The quantitative estimate of drug-likeness (QED) is 0.0966. The summed E-state index contributed by atoms with van der Waals surface area (Å²) in [5, 5.41) is 18.1. The molecule has 11 nitrogen and oxygen atoms in total. The van der Waals surface area contributed by atoms with Crippen molar-refractivity contribution in [3.63, 3.8) is 0 Å². The van der Waals surface area contributed by atoms with Gasteiger partial charge in [-0.05, 0) is 89.2 Å². The monoisotopic (exact) mass is 897 g/mol. The largest absolute Gasteiger partial charge is 0.486 e. The van der Waals surface area contributed by atoms with Crippen LogP contribution in [0.5, 0.6) is 5.75 Å². The minimum Gasteiger partial charge on any atom is -0.486 e. The highest BCUT2D eigenvalue weighted by atomic mass is 16.5. The first-order valence-electron chi connectivity index (χ1n) is 22.7. The van der Waals surface area contributed by atoms with E-state index in [-0.39, 0.29) is 50.9 Å². The zero-order valence-electron chi connectivity index (χ0n) is 37.4. The van der Waals surface area contributed by atoms with Gasteiger partial charge in [0.2, 0.25) is 17.7 Å². The Labute approximate surface area is 391 Å². The van der Waals surface area contributed by atoms with Gasteiger partial charge in [0.1, 0.15) is 24.4 Å². The van der Waals surface area contributed by atoms with Crippen molar-refractivity contribution in [1.82, 2.24) is 16.0 Å². The number of benzene rings is 6. The Kier molecular flexibility index (Phi) is 16.2. The van der Waals surface area contributed by atoms with E-state index in [0.29, 0.717) is 17.7 Å². The Bertz CT molecular complexity index is 2620. The summed E-state index contributed by atoms with van der Waals surface area (Å²) >= 11 is 0. The number of carbonyl (C=O) groups is 6. The molecule has 0 aromatic heterocycles. The summed E-state index contributed by atoms with van der Waals surface area (Å²) in [7, 11) is 0. The van der Waals surface area contributed by atoms with Gasteiger partial charge in [-0.15, -0.1) is 0 Å². The average molecular weight is 898 g/mol. The van der Waals surface area contributed by atoms with Crippen molar-refractivity contribution in [2.75, 3.05) is 6.61 Å². The normalized spacial score (nSPS) is 18.8. The second-order valence-electron chi connectivity index (χ2n) is 17.2. The van der Waals surface area contributed by atoms with Gasteiger partial charge >= 0.3 is 5.97 Å². The number of ether oxygens (including phenoxy) is 1. The van der Waals surface area contributed by atoms with E-state index < -0.39 is 59.4 Å². The second-order valence-corrected chi connectivity index (χ2v) is 17.2. The second kappa shape index (κ2) is 23.0. The number of aliphatic carboxylic acids is 1. The first-order valence-corrected chi connectivity index (χ1v) is 22.7. The summed E-state index contributed by atoms with van der Waals surface area (Å²) in [5.41, 5.74) is 7.19. The molecule has 6 aromatic rings. The van der Waals surface area contributed by atoms with E-state index in [9.17, 15) is 33.9 Å². The number of amides is 3. The van der Waals surface area contributed by atoms with E-state index in [4.69, 9.17) is 4.74 Å². The molecule has 2 heterocycles. The fourth-order valence-electron chi connectivity index (χ4n) is 8.29. The molecule has 0 fully saturated rings. The van der Waals surface area contributed by atoms with Crippen molar-refractivity contribution in [3.05, 3.63) is 186 Å². The molecule has 2 aliphatic rings. The first-order chi connectivity index (χ1) is 32.5. The molecule has 11 heteroatoms. The number of fused-ring (bicyclic) bond motifs is 16. The Morgan fingerprint density at radius 3 is 1.69 bits per heavy atom. The third kappa shape index (κ3) is 13.7. The number of carboxylic acid groups (broad SMARTS) is 1. The van der Waals surface area contributed by atoms with Crippen molar-refractivity contribution in [3.8, 4) is 28.0 Å². The van der Waals surface area contributed by atoms with Crippen molar-refractivity contribution in [2.45, 2.75) is 70.0 Å². The molecule has 5 atom stereocenters. The first kappa shape index (κ1) is 47.3. The predicted octanol–water partition coefficient (Wildman–Crippen LogP) is 7.78. The highest BCUT2D eigenvalue weighted by Gasteiger charge is 2.33. The summed E-state index contributed by atoms with van der Waals surface area (Å²) < 4.78 is 5.90. The van der Waals surface area contributed by atoms with E-state index in [1.54, 1.807) is 24.3 Å². The summed E-state index contributed by atoms with van der Waals surface area (Å²) in [5.74, 6) is -5.23. The molecule has 0 unspecified atom stereocenters. The zero-order chi connectivity index (χ0) is 47.1. The van der Waals surface area contributed by atoms with Gasteiger partial charge < -0.3 is 25.8 Å². The Balaban J connectivity index is 1.23. The SMILES string of the molecule is C[C@@H](NC(=O)[C@H]1CC(=O)[C@H](CCc2ccccc2)NC(=O)[C@@H](Cc2ccc(-c3ccccc3)cc2)NC(=O)[C@H](Cc2ccc(-c3ccccc3)cc2)CC(=O)COc2ccc(cc2)C1)C(=O)O. The van der Waals surface area contributed by atoms with Crippen LogP contribution in [-0.4, -0.2) is 65.1 Å². The smallest absolute Gasteiger partial charge is 0.325 e. The number of hydrogen-bond acceptors (Lipinski definition) is 7. The van der Waals surface area contributed by atoms with Gasteiger partial charge in [0.25, 0.3) is 0 Å². The summed E-state index contributed by atoms with van der Waals surface area (Å²) in [6, 6.07) is 48.0. The zero-order valence-corrected chi connectivity index (χ0v) is 37.4. The molecule has 8 rings (SSSR count). The van der Waals surface area contributed by atoms with Crippen LogP contribution in [0.4, 0.5) is 0 Å². The van der Waals surface area contributed by atoms with Crippen LogP contribution in [0.15, 0.2) is 164 Å². The van der Waals surface area contributed by atoms with E-state index >= 15 is 0 Å². The molecular formula is C56H55N3O8. The maximum Gasteiger partial charge on any atom is 0.325 e. The van der Waals surface area contributed by atoms with Crippen molar-refractivity contribution in [1.29, 1.82) is 0 Å². The van der Waals surface area contributed by atoms with E-state index in [1.165, 1.54) is 6.92 Å². The van der Waals surface area contributed by atoms with Gasteiger partial charge in [-0.3, -0.25) is 28.8 Å². The van der Waals surface area contributed by atoms with Crippen LogP contribution in [-0.2, 0) is 54.5 Å². The third-order valence-electron chi connectivity index (χ3n) is 12.1. The number of rotatable bonds is 12. The third-order valence-corrected chi connectivity index (χ3v) is 12.1. The van der Waals surface area contributed by atoms with Crippen LogP contribution in [0.2, 0.25) is 0 Å². The molecule has 67 heavy (non-hydrogen) atoms. The molecule has 0 radical (unpaired) electrons. The minimum atomic E-state index is -1.23. The summed E-state index contributed by atoms with van der Waals surface area (Å²) in [6.45, 7) is 1.03. The Hall–Kier alpha value is -7.66. The van der Waals surface area contributed by atoms with Crippen molar-refractivity contribution in [2.24, 2.45) is 11.8 Å². The molecule has 6 aromatic carbocycles. The predicted molar refractivity (Wildman–Crippen MR) is 257 cm³/mol. The van der Waals surface area contributed by atoms with Crippen molar-refractivity contribution < 1.29 is 38.6 Å². The van der Waals surface area contributed by atoms with E-state index in [2.05, 4.69) is 16.0 Å². The van der Waals surface area contributed by atoms with Crippen LogP contribution in [0.1, 0.15) is 48.4 Å². The van der Waals surface area contributed by atoms with Gasteiger partial charge in [-0.2, -0.15) is 0 Å². The number of ketones is 2. The fourth-order valence-corrected chi connectivity index (χ4v) is 8.29. The lowest BCUT2D eigenvalue weighted by molar-refractivity contribution is -0.142. The molecule has 342 valence electrons. The lowest BCUT2D eigenvalue weighted by atomic mass is 9.89. The van der Waals surface area contributed by atoms with Gasteiger partial charge in [0.15, 0.2) is 11.6 Å². The number of carboxylic acids is 1. The Morgan fingerprint density at radius 1 is 0.597 bits per heavy atom. The number of Topliss-reactive ketones (excluding diaryl/α,β-unsaturated/α-hetero) is 2. The molecule has 0 saturated heterocycles. The molecule has 0 spiro atoms. The summed E-state index contributed by atoms with van der Waals surface area (Å²) in [6.07, 6.45) is 0.452. The van der Waals surface area contributed by atoms with Gasteiger partial charge in [0, 0.05) is 31.1 Å². The molecule has 4 N–H and O–H groups in total. The van der Waals surface area contributed by atoms with Crippen LogP contribution in [0, 0.1) is 11.8 Å². The van der Waals surface area contributed by atoms with Gasteiger partial charge in [-0.25, -0.2) is 0 Å². The van der Waals surface area contributed by atoms with Crippen LogP contribution in [0.25, 0.3) is 22.3 Å². The van der Waals surface area contributed by atoms with Gasteiger partial charge in [0.05, 0.1) is 6.04 Å². The fraction of sp³-hybridized carbons (Fsp3) is 0.250. The van der Waals surface area contributed by atoms with Crippen molar-refractivity contribution >= 4 is 35.3 Å². The number of nitrogens with one attached hydrogen (secondary N) is 3. The summed E-state index contributed by atoms with van der Waals surface area (Å²) in [4.78, 5) is 83.2. The lowest BCUT2D eigenvalue weighted by Gasteiger charge is -2.26. The van der Waals surface area contributed by atoms with Gasteiger partial charge in [-0.1, -0.05) is 152 Å².